The first-order valence-corrected chi connectivity index (χ1v) is 7.68. The highest BCUT2D eigenvalue weighted by Crippen LogP contribution is 2.24. The largest absolute Gasteiger partial charge is 0.456 e. The van der Waals surface area contributed by atoms with Crippen molar-refractivity contribution in [2.24, 2.45) is 0 Å². The van der Waals surface area contributed by atoms with E-state index in [-0.39, 0.29) is 5.91 Å². The second-order valence-corrected chi connectivity index (χ2v) is 5.79. The molecule has 2 rings (SSSR count). The lowest BCUT2D eigenvalue weighted by molar-refractivity contribution is 0.0651. The summed E-state index contributed by atoms with van der Waals surface area (Å²) in [5.74, 6) is 1.24. The summed E-state index contributed by atoms with van der Waals surface area (Å²) >= 11 is 0. The standard InChI is InChI=1S/C16H26N2O2/c1-4-11-17-13-6-8-14(9-7-13)18(3)16(19)15-10-5-12(2)20-15/h5,10,13-14,17H,4,6-9,11H2,1-3H3. The van der Waals surface area contributed by atoms with E-state index >= 15 is 0 Å². The summed E-state index contributed by atoms with van der Waals surface area (Å²) < 4.78 is 5.43. The van der Waals surface area contributed by atoms with E-state index in [0.717, 1.165) is 38.0 Å². The normalized spacial score (nSPS) is 22.8. The van der Waals surface area contributed by atoms with Gasteiger partial charge in [-0.3, -0.25) is 4.79 Å². The Kier molecular flexibility index (Phi) is 5.24. The number of hydrogen-bond acceptors (Lipinski definition) is 3. The fraction of sp³-hybridized carbons (Fsp3) is 0.688. The number of furan rings is 1. The number of aryl methyl sites for hydroxylation is 1. The maximum atomic E-state index is 12.3. The number of nitrogens with one attached hydrogen (secondary N) is 1. The van der Waals surface area contributed by atoms with Crippen molar-refractivity contribution < 1.29 is 9.21 Å². The molecule has 1 aliphatic carbocycles. The maximum absolute atomic E-state index is 12.3. The summed E-state index contributed by atoms with van der Waals surface area (Å²) in [6, 6.07) is 4.57. The van der Waals surface area contributed by atoms with Crippen molar-refractivity contribution in [1.82, 2.24) is 10.2 Å². The molecule has 0 bridgehead atoms. The van der Waals surface area contributed by atoms with Gasteiger partial charge in [-0.2, -0.15) is 0 Å². The van der Waals surface area contributed by atoms with Gasteiger partial charge in [0.15, 0.2) is 5.76 Å². The lowest BCUT2D eigenvalue weighted by atomic mass is 9.90. The molecule has 4 heteroatoms. The van der Waals surface area contributed by atoms with E-state index in [2.05, 4.69) is 12.2 Å². The molecule has 1 heterocycles. The maximum Gasteiger partial charge on any atom is 0.289 e. The Hall–Kier alpha value is -1.29. The van der Waals surface area contributed by atoms with Crippen LogP contribution in [0.1, 0.15) is 55.3 Å². The zero-order valence-electron chi connectivity index (χ0n) is 12.8. The van der Waals surface area contributed by atoms with E-state index in [4.69, 9.17) is 4.42 Å². The van der Waals surface area contributed by atoms with Crippen LogP contribution in [-0.2, 0) is 0 Å². The second-order valence-electron chi connectivity index (χ2n) is 5.79. The Morgan fingerprint density at radius 2 is 2.05 bits per heavy atom. The van der Waals surface area contributed by atoms with Crippen molar-refractivity contribution in [3.8, 4) is 0 Å². The first-order chi connectivity index (χ1) is 9.61. The number of nitrogens with zero attached hydrogens (tertiary/aromatic N) is 1. The smallest absolute Gasteiger partial charge is 0.289 e. The zero-order valence-corrected chi connectivity index (χ0v) is 12.8. The van der Waals surface area contributed by atoms with Crippen molar-refractivity contribution in [1.29, 1.82) is 0 Å². The van der Waals surface area contributed by atoms with E-state index in [1.165, 1.54) is 6.42 Å². The first kappa shape index (κ1) is 15.1. The Labute approximate surface area is 121 Å². The van der Waals surface area contributed by atoms with E-state index in [1.807, 2.05) is 24.9 Å². The van der Waals surface area contributed by atoms with E-state index in [0.29, 0.717) is 17.8 Å². The molecule has 0 radical (unpaired) electrons. The topological polar surface area (TPSA) is 45.5 Å². The van der Waals surface area contributed by atoms with Crippen molar-refractivity contribution in [3.63, 3.8) is 0 Å². The van der Waals surface area contributed by atoms with Gasteiger partial charge >= 0.3 is 0 Å². The Bertz CT molecular complexity index is 433. The average molecular weight is 278 g/mol. The molecule has 0 aromatic carbocycles. The molecule has 0 spiro atoms. The molecule has 0 saturated heterocycles. The second kappa shape index (κ2) is 6.93. The molecule has 4 nitrogen and oxygen atoms in total. The van der Waals surface area contributed by atoms with Crippen LogP contribution in [-0.4, -0.2) is 36.5 Å². The third-order valence-electron chi connectivity index (χ3n) is 4.20. The molecule has 1 aromatic heterocycles. The third kappa shape index (κ3) is 3.63. The van der Waals surface area contributed by atoms with Crippen LogP contribution < -0.4 is 5.32 Å². The van der Waals surface area contributed by atoms with Gasteiger partial charge in [0, 0.05) is 19.1 Å². The van der Waals surface area contributed by atoms with E-state index in [9.17, 15) is 4.79 Å². The van der Waals surface area contributed by atoms with Crippen molar-refractivity contribution in [2.45, 2.75) is 58.0 Å². The summed E-state index contributed by atoms with van der Waals surface area (Å²) in [6.07, 6.45) is 5.63. The molecule has 1 aromatic rings. The minimum Gasteiger partial charge on any atom is -0.456 e. The minimum atomic E-state index is 0.00284. The number of amides is 1. The van der Waals surface area contributed by atoms with Crippen molar-refractivity contribution in [2.75, 3.05) is 13.6 Å². The van der Waals surface area contributed by atoms with Crippen LogP contribution >= 0.6 is 0 Å². The summed E-state index contributed by atoms with van der Waals surface area (Å²) in [5, 5.41) is 3.57. The molecule has 1 saturated carbocycles. The summed E-state index contributed by atoms with van der Waals surface area (Å²) in [4.78, 5) is 14.2. The molecule has 1 N–H and O–H groups in total. The Morgan fingerprint density at radius 3 is 2.60 bits per heavy atom. The van der Waals surface area contributed by atoms with Crippen molar-refractivity contribution >= 4 is 5.91 Å². The first-order valence-electron chi connectivity index (χ1n) is 7.68. The van der Waals surface area contributed by atoms with Crippen LogP contribution in [0.3, 0.4) is 0 Å². The quantitative estimate of drug-likeness (QED) is 0.900. The molecule has 0 aliphatic heterocycles. The Morgan fingerprint density at radius 1 is 1.35 bits per heavy atom. The molecule has 1 aliphatic rings. The van der Waals surface area contributed by atoms with Gasteiger partial charge in [-0.05, 0) is 57.7 Å². The highest BCUT2D eigenvalue weighted by molar-refractivity contribution is 5.91. The summed E-state index contributed by atoms with van der Waals surface area (Å²) in [5.41, 5.74) is 0. The van der Waals surface area contributed by atoms with Gasteiger partial charge in [0.05, 0.1) is 0 Å². The Balaban J connectivity index is 1.85. The van der Waals surface area contributed by atoms with Gasteiger partial charge in [-0.25, -0.2) is 0 Å². The summed E-state index contributed by atoms with van der Waals surface area (Å²) in [7, 11) is 1.89. The van der Waals surface area contributed by atoms with Gasteiger partial charge in [0.1, 0.15) is 5.76 Å². The van der Waals surface area contributed by atoms with E-state index < -0.39 is 0 Å². The number of carbonyl (C=O) groups excluding carboxylic acids is 1. The molecule has 112 valence electrons. The predicted octanol–water partition coefficient (Wildman–Crippen LogP) is 2.97. The molecule has 20 heavy (non-hydrogen) atoms. The fourth-order valence-corrected chi connectivity index (χ4v) is 2.90. The number of hydrogen-bond donors (Lipinski definition) is 1. The number of carbonyl (C=O) groups is 1. The highest BCUT2D eigenvalue weighted by atomic mass is 16.3. The van der Waals surface area contributed by atoms with Gasteiger partial charge in [-0.1, -0.05) is 6.92 Å². The lowest BCUT2D eigenvalue weighted by Gasteiger charge is -2.34. The summed E-state index contributed by atoms with van der Waals surface area (Å²) in [6.45, 7) is 5.15. The van der Waals surface area contributed by atoms with Crippen LogP contribution in [0.15, 0.2) is 16.5 Å². The van der Waals surface area contributed by atoms with Crippen LogP contribution in [0, 0.1) is 6.92 Å². The molecule has 0 atom stereocenters. The highest BCUT2D eigenvalue weighted by Gasteiger charge is 2.27. The van der Waals surface area contributed by atoms with Crippen LogP contribution in [0.2, 0.25) is 0 Å². The van der Waals surface area contributed by atoms with Gasteiger partial charge in [0.25, 0.3) is 5.91 Å². The molecular weight excluding hydrogens is 252 g/mol. The van der Waals surface area contributed by atoms with Crippen LogP contribution in [0.25, 0.3) is 0 Å². The average Bonchev–Trinajstić information content (AvgIpc) is 2.90. The van der Waals surface area contributed by atoms with Crippen LogP contribution in [0.5, 0.6) is 0 Å². The minimum absolute atomic E-state index is 0.00284. The predicted molar refractivity (Wildman–Crippen MR) is 79.9 cm³/mol. The van der Waals surface area contributed by atoms with E-state index in [1.54, 1.807) is 6.07 Å². The fourth-order valence-electron chi connectivity index (χ4n) is 2.90. The third-order valence-corrected chi connectivity index (χ3v) is 4.20. The van der Waals surface area contributed by atoms with Crippen LogP contribution in [0.4, 0.5) is 0 Å². The lowest BCUT2D eigenvalue weighted by Crippen LogP contribution is -2.43. The molecule has 1 fully saturated rings. The number of rotatable bonds is 5. The molecule has 0 unspecified atom stereocenters. The van der Waals surface area contributed by atoms with Gasteiger partial charge in [0.2, 0.25) is 0 Å². The van der Waals surface area contributed by atoms with Crippen molar-refractivity contribution in [3.05, 3.63) is 23.7 Å². The molecular formula is C16H26N2O2. The zero-order chi connectivity index (χ0) is 14.5. The molecule has 1 amide bonds. The van der Waals surface area contributed by atoms with Gasteiger partial charge < -0.3 is 14.6 Å². The monoisotopic (exact) mass is 278 g/mol. The SMILES string of the molecule is CCCNC1CCC(N(C)C(=O)c2ccc(C)o2)CC1. The van der Waals surface area contributed by atoms with Gasteiger partial charge in [-0.15, -0.1) is 0 Å².